The topological polar surface area (TPSA) is 104 Å². The Kier molecular flexibility index (Phi) is 7.40. The van der Waals surface area contributed by atoms with Crippen LogP contribution in [0.15, 0.2) is 71.6 Å². The summed E-state index contributed by atoms with van der Waals surface area (Å²) in [6.45, 7) is 5.44. The molecule has 7 nitrogen and oxygen atoms in total. The average molecular weight is 486 g/mol. The van der Waals surface area contributed by atoms with Gasteiger partial charge in [0.05, 0.1) is 22.0 Å². The minimum Gasteiger partial charge on any atom is -0.350 e. The fourth-order valence-corrected chi connectivity index (χ4v) is 4.72. The van der Waals surface area contributed by atoms with E-state index in [1.165, 1.54) is 18.2 Å². The normalized spacial score (nSPS) is 11.2. The lowest BCUT2D eigenvalue weighted by molar-refractivity contribution is 0.0944. The number of rotatable bonds is 7. The van der Waals surface area contributed by atoms with Gasteiger partial charge in [-0.3, -0.25) is 14.3 Å². The highest BCUT2D eigenvalue weighted by molar-refractivity contribution is 7.92. The van der Waals surface area contributed by atoms with Crippen LogP contribution in [0.25, 0.3) is 0 Å². The number of aryl methyl sites for hydroxylation is 1. The first-order chi connectivity index (χ1) is 15.6. The third-order valence-electron chi connectivity index (χ3n) is 4.71. The molecule has 0 radical (unpaired) electrons. The van der Waals surface area contributed by atoms with Crippen molar-refractivity contribution in [3.63, 3.8) is 0 Å². The maximum absolute atomic E-state index is 13.0. The molecule has 3 aromatic carbocycles. The van der Waals surface area contributed by atoms with Gasteiger partial charge in [0.2, 0.25) is 0 Å². The number of hydrogen-bond donors (Lipinski definition) is 3. The first-order valence-electron chi connectivity index (χ1n) is 10.2. The maximum atomic E-state index is 13.0. The zero-order chi connectivity index (χ0) is 24.2. The third-order valence-corrected chi connectivity index (χ3v) is 6.56. The van der Waals surface area contributed by atoms with E-state index in [9.17, 15) is 18.0 Å². The van der Waals surface area contributed by atoms with E-state index in [-0.39, 0.29) is 27.4 Å². The molecule has 0 heterocycles. The van der Waals surface area contributed by atoms with Crippen molar-refractivity contribution in [2.24, 2.45) is 0 Å². The summed E-state index contributed by atoms with van der Waals surface area (Å²) in [7, 11) is -4.06. The van der Waals surface area contributed by atoms with E-state index in [2.05, 4.69) is 15.4 Å². The Balaban J connectivity index is 1.89. The van der Waals surface area contributed by atoms with Crippen molar-refractivity contribution in [3.8, 4) is 0 Å². The summed E-state index contributed by atoms with van der Waals surface area (Å²) in [4.78, 5) is 25.1. The molecule has 0 fully saturated rings. The summed E-state index contributed by atoms with van der Waals surface area (Å²) in [6, 6.07) is 17.4. The van der Waals surface area contributed by atoms with Gasteiger partial charge in [-0.2, -0.15) is 0 Å². The second kappa shape index (κ2) is 10.1. The highest BCUT2D eigenvalue weighted by Gasteiger charge is 2.22. The first-order valence-corrected chi connectivity index (χ1v) is 12.0. The van der Waals surface area contributed by atoms with Crippen molar-refractivity contribution >= 4 is 44.8 Å². The van der Waals surface area contributed by atoms with Crippen molar-refractivity contribution in [2.45, 2.75) is 31.7 Å². The molecular weight excluding hydrogens is 462 g/mol. The molecule has 0 saturated carbocycles. The molecule has 3 N–H and O–H groups in total. The lowest BCUT2D eigenvalue weighted by Gasteiger charge is -2.14. The Bertz CT molecular complexity index is 1310. The lowest BCUT2D eigenvalue weighted by Crippen LogP contribution is -2.31. The van der Waals surface area contributed by atoms with Crippen LogP contribution in [0.1, 0.15) is 40.1 Å². The number of para-hydroxylation sites is 2. The van der Waals surface area contributed by atoms with Crippen LogP contribution in [0, 0.1) is 6.92 Å². The van der Waals surface area contributed by atoms with Crippen LogP contribution in [0.2, 0.25) is 5.02 Å². The number of anilines is 2. The molecule has 0 aliphatic heterocycles. The predicted octanol–water partition coefficient (Wildman–Crippen LogP) is 4.84. The first kappa shape index (κ1) is 24.3. The monoisotopic (exact) mass is 485 g/mol. The van der Waals surface area contributed by atoms with Gasteiger partial charge in [-0.15, -0.1) is 0 Å². The molecule has 9 heteroatoms. The number of halogens is 1. The van der Waals surface area contributed by atoms with Crippen LogP contribution in [0.4, 0.5) is 11.4 Å². The predicted molar refractivity (Wildman–Crippen MR) is 130 cm³/mol. The van der Waals surface area contributed by atoms with Crippen LogP contribution in [-0.4, -0.2) is 26.3 Å². The minimum absolute atomic E-state index is 0.0238. The summed E-state index contributed by atoms with van der Waals surface area (Å²) in [5.41, 5.74) is 1.82. The highest BCUT2D eigenvalue weighted by atomic mass is 35.5. The number of benzene rings is 3. The summed E-state index contributed by atoms with van der Waals surface area (Å²) < 4.78 is 28.5. The second-order valence-electron chi connectivity index (χ2n) is 7.69. The van der Waals surface area contributed by atoms with E-state index >= 15 is 0 Å². The molecule has 3 aromatic rings. The van der Waals surface area contributed by atoms with E-state index < -0.39 is 15.9 Å². The Morgan fingerprint density at radius 1 is 0.879 bits per heavy atom. The number of carbonyl (C=O) groups excluding carboxylic acids is 2. The van der Waals surface area contributed by atoms with Crippen molar-refractivity contribution in [1.29, 1.82) is 0 Å². The quantitative estimate of drug-likeness (QED) is 0.445. The fraction of sp³-hybridized carbons (Fsp3) is 0.167. The molecule has 0 aromatic heterocycles. The van der Waals surface area contributed by atoms with Crippen LogP contribution in [0.5, 0.6) is 0 Å². The summed E-state index contributed by atoms with van der Waals surface area (Å²) in [5.74, 6) is -0.911. The Hall–Kier alpha value is -3.36. The van der Waals surface area contributed by atoms with Crippen molar-refractivity contribution in [2.75, 3.05) is 10.0 Å². The lowest BCUT2D eigenvalue weighted by atomic mass is 10.1. The fourth-order valence-electron chi connectivity index (χ4n) is 3.06. The van der Waals surface area contributed by atoms with Crippen LogP contribution < -0.4 is 15.4 Å². The van der Waals surface area contributed by atoms with E-state index in [4.69, 9.17) is 11.6 Å². The summed E-state index contributed by atoms with van der Waals surface area (Å²) in [6.07, 6.45) is 0. The molecule has 33 heavy (non-hydrogen) atoms. The van der Waals surface area contributed by atoms with Crippen LogP contribution in [-0.2, 0) is 10.0 Å². The Labute approximate surface area is 198 Å². The van der Waals surface area contributed by atoms with Gasteiger partial charge in [0.15, 0.2) is 0 Å². The van der Waals surface area contributed by atoms with E-state index in [0.29, 0.717) is 16.9 Å². The SMILES string of the molecule is Cc1ccccc1NS(=O)(=O)c1cc(C(=O)Nc2ccccc2C(=O)NC(C)C)ccc1Cl. The van der Waals surface area contributed by atoms with Gasteiger partial charge in [-0.1, -0.05) is 41.9 Å². The van der Waals surface area contributed by atoms with Crippen molar-refractivity contribution < 1.29 is 18.0 Å². The number of amides is 2. The molecule has 0 unspecified atom stereocenters. The number of hydrogen-bond acceptors (Lipinski definition) is 4. The smallest absolute Gasteiger partial charge is 0.263 e. The standard InChI is InChI=1S/C24H24ClN3O4S/c1-15(2)26-24(30)18-9-5-7-11-21(18)27-23(29)17-12-13-19(25)22(14-17)33(31,32)28-20-10-6-4-8-16(20)3/h4-15,28H,1-3H3,(H,26,30)(H,27,29). The van der Waals surface area contributed by atoms with E-state index in [0.717, 1.165) is 5.56 Å². The molecule has 2 amide bonds. The van der Waals surface area contributed by atoms with E-state index in [1.54, 1.807) is 55.5 Å². The zero-order valence-corrected chi connectivity index (χ0v) is 19.9. The molecule has 0 aliphatic rings. The van der Waals surface area contributed by atoms with Gasteiger partial charge in [0, 0.05) is 11.6 Å². The maximum Gasteiger partial charge on any atom is 0.263 e. The van der Waals surface area contributed by atoms with Gasteiger partial charge < -0.3 is 10.6 Å². The van der Waals surface area contributed by atoms with Gasteiger partial charge in [-0.25, -0.2) is 8.42 Å². The van der Waals surface area contributed by atoms with Gasteiger partial charge in [0.1, 0.15) is 4.90 Å². The molecule has 0 saturated heterocycles. The molecule has 0 bridgehead atoms. The molecule has 0 aliphatic carbocycles. The van der Waals surface area contributed by atoms with Crippen LogP contribution in [0.3, 0.4) is 0 Å². The molecule has 0 spiro atoms. The Morgan fingerprint density at radius 3 is 2.18 bits per heavy atom. The molecule has 172 valence electrons. The van der Waals surface area contributed by atoms with Gasteiger partial charge in [-0.05, 0) is 62.7 Å². The van der Waals surface area contributed by atoms with Crippen molar-refractivity contribution in [1.82, 2.24) is 5.32 Å². The number of nitrogens with one attached hydrogen (secondary N) is 3. The Morgan fingerprint density at radius 2 is 1.52 bits per heavy atom. The van der Waals surface area contributed by atoms with Gasteiger partial charge in [0.25, 0.3) is 21.8 Å². The third kappa shape index (κ3) is 5.91. The van der Waals surface area contributed by atoms with E-state index in [1.807, 2.05) is 13.8 Å². The highest BCUT2D eigenvalue weighted by Crippen LogP contribution is 2.27. The average Bonchev–Trinajstić information content (AvgIpc) is 2.75. The second-order valence-corrected chi connectivity index (χ2v) is 9.75. The minimum atomic E-state index is -4.06. The summed E-state index contributed by atoms with van der Waals surface area (Å²) in [5, 5.41) is 5.44. The molecular formula is C24H24ClN3O4S. The number of sulfonamides is 1. The van der Waals surface area contributed by atoms with Crippen LogP contribution >= 0.6 is 11.6 Å². The zero-order valence-electron chi connectivity index (χ0n) is 18.3. The molecule has 3 rings (SSSR count). The van der Waals surface area contributed by atoms with Gasteiger partial charge >= 0.3 is 0 Å². The van der Waals surface area contributed by atoms with Crippen molar-refractivity contribution in [3.05, 3.63) is 88.4 Å². The molecule has 0 atom stereocenters. The largest absolute Gasteiger partial charge is 0.350 e. The summed E-state index contributed by atoms with van der Waals surface area (Å²) >= 11 is 6.16. The number of carbonyl (C=O) groups is 2.